The van der Waals surface area contributed by atoms with E-state index in [2.05, 4.69) is 0 Å². The molecule has 68 valence electrons. The van der Waals surface area contributed by atoms with Crippen LogP contribution in [0.4, 0.5) is 0 Å². The Hall–Kier alpha value is -1.49. The van der Waals surface area contributed by atoms with E-state index in [0.29, 0.717) is 10.3 Å². The Morgan fingerprint density at radius 3 is 3.00 bits per heavy atom. The van der Waals surface area contributed by atoms with Crippen molar-refractivity contribution in [2.24, 2.45) is 0 Å². The SMILES string of the molecule is COc1c(O)ccc2oc(=O)sc12. The van der Waals surface area contributed by atoms with Gasteiger partial charge in [-0.1, -0.05) is 0 Å². The second kappa shape index (κ2) is 2.77. The number of benzene rings is 1. The van der Waals surface area contributed by atoms with Crippen LogP contribution in [0.25, 0.3) is 10.3 Å². The number of ether oxygens (including phenoxy) is 1. The lowest BCUT2D eigenvalue weighted by molar-refractivity contribution is 0.378. The molecule has 0 atom stereocenters. The molecule has 0 bridgehead atoms. The summed E-state index contributed by atoms with van der Waals surface area (Å²) < 4.78 is 10.3. The minimum absolute atomic E-state index is 0.00653. The third-order valence-corrected chi connectivity index (χ3v) is 2.48. The van der Waals surface area contributed by atoms with Crippen LogP contribution in [0.3, 0.4) is 0 Å². The van der Waals surface area contributed by atoms with E-state index >= 15 is 0 Å². The topological polar surface area (TPSA) is 59.7 Å². The zero-order valence-electron chi connectivity index (χ0n) is 6.73. The highest BCUT2D eigenvalue weighted by atomic mass is 32.1. The molecule has 0 aliphatic heterocycles. The van der Waals surface area contributed by atoms with Gasteiger partial charge >= 0.3 is 4.94 Å². The van der Waals surface area contributed by atoms with Crippen LogP contribution >= 0.6 is 11.3 Å². The van der Waals surface area contributed by atoms with E-state index < -0.39 is 4.94 Å². The van der Waals surface area contributed by atoms with Gasteiger partial charge in [0.15, 0.2) is 17.1 Å². The Morgan fingerprint density at radius 2 is 2.31 bits per heavy atom. The maximum atomic E-state index is 10.9. The molecule has 0 aliphatic rings. The van der Waals surface area contributed by atoms with Gasteiger partial charge in [-0.2, -0.15) is 0 Å². The lowest BCUT2D eigenvalue weighted by atomic mass is 10.3. The van der Waals surface area contributed by atoms with E-state index in [4.69, 9.17) is 9.15 Å². The predicted octanol–water partition coefficient (Wildman–Crippen LogP) is 1.57. The van der Waals surface area contributed by atoms with Crippen LogP contribution in [-0.2, 0) is 0 Å². The first kappa shape index (κ1) is 8.12. The van der Waals surface area contributed by atoms with Crippen molar-refractivity contribution >= 4 is 21.6 Å². The third-order valence-electron chi connectivity index (χ3n) is 1.64. The highest BCUT2D eigenvalue weighted by Crippen LogP contribution is 2.35. The number of aromatic hydroxyl groups is 1. The minimum Gasteiger partial charge on any atom is -0.504 e. The molecule has 0 saturated carbocycles. The molecule has 1 N–H and O–H groups in total. The highest BCUT2D eigenvalue weighted by Gasteiger charge is 2.11. The molecular weight excluding hydrogens is 192 g/mol. The fraction of sp³-hybridized carbons (Fsp3) is 0.125. The minimum atomic E-state index is -0.404. The first-order valence-corrected chi connectivity index (χ1v) is 4.33. The Balaban J connectivity index is 2.90. The van der Waals surface area contributed by atoms with E-state index in [-0.39, 0.29) is 11.5 Å². The molecule has 1 heterocycles. The fourth-order valence-corrected chi connectivity index (χ4v) is 1.89. The molecule has 5 heteroatoms. The van der Waals surface area contributed by atoms with Gasteiger partial charge in [-0.25, -0.2) is 4.79 Å². The molecule has 1 aromatic carbocycles. The second-order valence-corrected chi connectivity index (χ2v) is 3.35. The second-order valence-electron chi connectivity index (χ2n) is 2.40. The van der Waals surface area contributed by atoms with E-state index in [0.717, 1.165) is 11.3 Å². The number of fused-ring (bicyclic) bond motifs is 1. The number of hydrogen-bond donors (Lipinski definition) is 1. The normalized spacial score (nSPS) is 10.5. The monoisotopic (exact) mass is 198 g/mol. The lowest BCUT2D eigenvalue weighted by Crippen LogP contribution is -1.82. The van der Waals surface area contributed by atoms with Gasteiger partial charge in [-0.05, 0) is 23.5 Å². The molecule has 1 aromatic heterocycles. The number of methoxy groups -OCH3 is 1. The molecule has 0 saturated heterocycles. The maximum absolute atomic E-state index is 10.9. The molecule has 13 heavy (non-hydrogen) atoms. The highest BCUT2D eigenvalue weighted by molar-refractivity contribution is 7.16. The van der Waals surface area contributed by atoms with E-state index in [1.165, 1.54) is 19.2 Å². The van der Waals surface area contributed by atoms with Crippen molar-refractivity contribution in [1.29, 1.82) is 0 Å². The number of rotatable bonds is 1. The van der Waals surface area contributed by atoms with E-state index in [1.54, 1.807) is 0 Å². The summed E-state index contributed by atoms with van der Waals surface area (Å²) in [7, 11) is 1.43. The number of hydrogen-bond acceptors (Lipinski definition) is 5. The Kier molecular flexibility index (Phi) is 1.73. The predicted molar refractivity (Wildman–Crippen MR) is 48.6 cm³/mol. The van der Waals surface area contributed by atoms with Crippen molar-refractivity contribution in [3.8, 4) is 11.5 Å². The van der Waals surface area contributed by atoms with Gasteiger partial charge in [-0.15, -0.1) is 0 Å². The van der Waals surface area contributed by atoms with Crippen LogP contribution < -0.4 is 9.68 Å². The quantitative estimate of drug-likeness (QED) is 0.755. The molecular formula is C8H6O4S. The van der Waals surface area contributed by atoms with Crippen molar-refractivity contribution in [3.63, 3.8) is 0 Å². The fourth-order valence-electron chi connectivity index (χ4n) is 1.10. The standard InChI is InChI=1S/C8H6O4S/c1-11-6-4(9)2-3-5-7(6)13-8(10)12-5/h2-3,9H,1H3. The van der Waals surface area contributed by atoms with Crippen LogP contribution in [0.15, 0.2) is 21.3 Å². The summed E-state index contributed by atoms with van der Waals surface area (Å²) >= 11 is 0.910. The zero-order chi connectivity index (χ0) is 9.42. The Labute approximate surface area is 77.0 Å². The summed E-state index contributed by atoms with van der Waals surface area (Å²) in [5.41, 5.74) is 0.435. The summed E-state index contributed by atoms with van der Waals surface area (Å²) in [4.78, 5) is 10.5. The average Bonchev–Trinajstić information content (AvgIpc) is 2.45. The Morgan fingerprint density at radius 1 is 1.54 bits per heavy atom. The molecule has 0 unspecified atom stereocenters. The molecule has 4 nitrogen and oxygen atoms in total. The molecule has 0 aliphatic carbocycles. The van der Waals surface area contributed by atoms with Gasteiger partial charge < -0.3 is 14.3 Å². The smallest absolute Gasteiger partial charge is 0.396 e. The van der Waals surface area contributed by atoms with Crippen molar-refractivity contribution in [2.75, 3.05) is 7.11 Å². The first-order valence-electron chi connectivity index (χ1n) is 3.52. The van der Waals surface area contributed by atoms with E-state index in [1.807, 2.05) is 0 Å². The van der Waals surface area contributed by atoms with Crippen LogP contribution in [0.1, 0.15) is 0 Å². The van der Waals surface area contributed by atoms with Gasteiger partial charge in [0, 0.05) is 0 Å². The summed E-state index contributed by atoms with van der Waals surface area (Å²) in [5, 5.41) is 9.36. The van der Waals surface area contributed by atoms with Crippen molar-refractivity contribution in [1.82, 2.24) is 0 Å². The Bertz CT molecular complexity index is 496. The van der Waals surface area contributed by atoms with Crippen LogP contribution in [0.2, 0.25) is 0 Å². The third kappa shape index (κ3) is 1.17. The zero-order valence-corrected chi connectivity index (χ0v) is 7.55. The van der Waals surface area contributed by atoms with Crippen LogP contribution in [0.5, 0.6) is 11.5 Å². The van der Waals surface area contributed by atoms with Gasteiger partial charge in [0.2, 0.25) is 0 Å². The van der Waals surface area contributed by atoms with Gasteiger partial charge in [0.25, 0.3) is 0 Å². The van der Waals surface area contributed by atoms with Crippen molar-refractivity contribution in [2.45, 2.75) is 0 Å². The van der Waals surface area contributed by atoms with Crippen LogP contribution in [0, 0.1) is 0 Å². The van der Waals surface area contributed by atoms with Crippen molar-refractivity contribution < 1.29 is 14.3 Å². The van der Waals surface area contributed by atoms with Gasteiger partial charge in [0.1, 0.15) is 4.70 Å². The molecule has 0 fully saturated rings. The maximum Gasteiger partial charge on any atom is 0.396 e. The van der Waals surface area contributed by atoms with Gasteiger partial charge in [0.05, 0.1) is 7.11 Å². The first-order chi connectivity index (χ1) is 6.22. The summed E-state index contributed by atoms with van der Waals surface area (Å²) in [6.07, 6.45) is 0. The molecule has 0 amide bonds. The molecule has 0 spiro atoms. The lowest BCUT2D eigenvalue weighted by Gasteiger charge is -2.01. The number of phenols is 1. The summed E-state index contributed by atoms with van der Waals surface area (Å²) in [5.74, 6) is 0.292. The summed E-state index contributed by atoms with van der Waals surface area (Å²) in [6.45, 7) is 0. The van der Waals surface area contributed by atoms with Crippen LogP contribution in [-0.4, -0.2) is 12.2 Å². The molecule has 2 aromatic rings. The van der Waals surface area contributed by atoms with Crippen molar-refractivity contribution in [3.05, 3.63) is 21.9 Å². The number of phenolic OH excluding ortho intramolecular Hbond substituents is 1. The van der Waals surface area contributed by atoms with Gasteiger partial charge in [-0.3, -0.25) is 0 Å². The summed E-state index contributed by atoms with van der Waals surface area (Å²) in [6, 6.07) is 2.96. The largest absolute Gasteiger partial charge is 0.504 e. The van der Waals surface area contributed by atoms with E-state index in [9.17, 15) is 9.90 Å². The molecule has 2 rings (SSSR count). The average molecular weight is 198 g/mol. The molecule has 0 radical (unpaired) electrons.